The second-order valence-corrected chi connectivity index (χ2v) is 9.59. The quantitative estimate of drug-likeness (QED) is 0.369. The number of halogens is 1. The third kappa shape index (κ3) is 5.75. The van der Waals surface area contributed by atoms with Crippen LogP contribution in [-0.4, -0.2) is 44.6 Å². The number of carbonyl (C=O) groups excluding carboxylic acids is 1. The molecule has 8 heteroatoms. The zero-order valence-electron chi connectivity index (χ0n) is 21.3. The molecule has 0 saturated carbocycles. The average molecular weight is 502 g/mol. The van der Waals surface area contributed by atoms with Crippen molar-refractivity contribution in [3.05, 3.63) is 106 Å². The van der Waals surface area contributed by atoms with E-state index in [2.05, 4.69) is 4.98 Å². The number of amides is 1. The number of alkyl halides is 1. The molecular formula is C29H32FN5O2. The summed E-state index contributed by atoms with van der Waals surface area (Å²) in [4.78, 5) is 38.1. The average Bonchev–Trinajstić information content (AvgIpc) is 2.90. The molecule has 2 aromatic heterocycles. The first-order valence-electron chi connectivity index (χ1n) is 12.4. The Labute approximate surface area is 215 Å². The van der Waals surface area contributed by atoms with Crippen molar-refractivity contribution in [1.82, 2.24) is 19.4 Å². The summed E-state index contributed by atoms with van der Waals surface area (Å²) in [5.74, 6) is -0.155. The van der Waals surface area contributed by atoms with Crippen molar-refractivity contribution in [2.75, 3.05) is 13.1 Å². The summed E-state index contributed by atoms with van der Waals surface area (Å²) < 4.78 is 16.4. The zero-order chi connectivity index (χ0) is 26.5. The molecule has 0 aliphatic heterocycles. The summed E-state index contributed by atoms with van der Waals surface area (Å²) >= 11 is 0. The second-order valence-electron chi connectivity index (χ2n) is 9.59. The van der Waals surface area contributed by atoms with E-state index in [0.717, 1.165) is 11.1 Å². The fourth-order valence-corrected chi connectivity index (χ4v) is 4.50. The molecule has 2 heterocycles. The maximum absolute atomic E-state index is 14.8. The van der Waals surface area contributed by atoms with Gasteiger partial charge in [-0.15, -0.1) is 0 Å². The Morgan fingerprint density at radius 1 is 1.08 bits per heavy atom. The standard InChI is InChI=1S/C29H32FN5O2/c1-19(2)26(34(18-23(30)15-31)28(36)22-11-9-20(3)10-12-22)27-33-25-16-32-14-13-24(25)29(37)35(27)17-21-7-5-4-6-8-21/h4-14,16,19,23,26H,15,17-18,31H2,1-3H3. The molecule has 0 bridgehead atoms. The van der Waals surface area contributed by atoms with Crippen LogP contribution in [0.2, 0.25) is 0 Å². The lowest BCUT2D eigenvalue weighted by molar-refractivity contribution is 0.0534. The number of rotatable bonds is 9. The number of aromatic nitrogens is 3. The number of hydrogen-bond donors (Lipinski definition) is 1. The highest BCUT2D eigenvalue weighted by Crippen LogP contribution is 2.30. The molecule has 0 spiro atoms. The van der Waals surface area contributed by atoms with Crippen LogP contribution in [0.15, 0.2) is 77.9 Å². The normalized spacial score (nSPS) is 13.0. The van der Waals surface area contributed by atoms with E-state index < -0.39 is 12.2 Å². The van der Waals surface area contributed by atoms with Crippen LogP contribution in [0.5, 0.6) is 0 Å². The molecule has 4 aromatic rings. The van der Waals surface area contributed by atoms with E-state index in [1.807, 2.05) is 63.2 Å². The highest BCUT2D eigenvalue weighted by molar-refractivity contribution is 5.94. The molecule has 0 saturated heterocycles. The van der Waals surface area contributed by atoms with E-state index in [1.54, 1.807) is 29.0 Å². The van der Waals surface area contributed by atoms with E-state index in [0.29, 0.717) is 22.3 Å². The third-order valence-electron chi connectivity index (χ3n) is 6.41. The van der Waals surface area contributed by atoms with Crippen molar-refractivity contribution in [2.24, 2.45) is 11.7 Å². The lowest BCUT2D eigenvalue weighted by Gasteiger charge is -2.36. The van der Waals surface area contributed by atoms with E-state index in [1.165, 1.54) is 11.1 Å². The number of fused-ring (bicyclic) bond motifs is 1. The van der Waals surface area contributed by atoms with E-state index >= 15 is 0 Å². The van der Waals surface area contributed by atoms with Gasteiger partial charge in [-0.25, -0.2) is 9.37 Å². The summed E-state index contributed by atoms with van der Waals surface area (Å²) in [6.07, 6.45) is 1.65. The maximum atomic E-state index is 14.8. The molecule has 37 heavy (non-hydrogen) atoms. The number of aryl methyl sites for hydroxylation is 1. The fraction of sp³-hybridized carbons (Fsp3) is 0.310. The fourth-order valence-electron chi connectivity index (χ4n) is 4.50. The molecule has 2 N–H and O–H groups in total. The number of hydrogen-bond acceptors (Lipinski definition) is 5. The Kier molecular flexibility index (Phi) is 8.08. The Balaban J connectivity index is 1.92. The number of nitrogens with two attached hydrogens (primary N) is 1. The highest BCUT2D eigenvalue weighted by atomic mass is 19.1. The van der Waals surface area contributed by atoms with Crippen molar-refractivity contribution in [3.63, 3.8) is 0 Å². The molecule has 192 valence electrons. The lowest BCUT2D eigenvalue weighted by Crippen LogP contribution is -2.45. The smallest absolute Gasteiger partial charge is 0.261 e. The van der Waals surface area contributed by atoms with Gasteiger partial charge in [0, 0.05) is 18.3 Å². The molecule has 1 amide bonds. The molecular weight excluding hydrogens is 469 g/mol. The summed E-state index contributed by atoms with van der Waals surface area (Å²) in [5.41, 5.74) is 8.17. The second kappa shape index (κ2) is 11.4. The van der Waals surface area contributed by atoms with Crippen LogP contribution in [-0.2, 0) is 6.54 Å². The van der Waals surface area contributed by atoms with Crippen molar-refractivity contribution < 1.29 is 9.18 Å². The SMILES string of the molecule is Cc1ccc(C(=O)N(CC(F)CN)C(c2nc3cnccc3c(=O)n2Cc2ccccc2)C(C)C)cc1. The van der Waals surface area contributed by atoms with Crippen molar-refractivity contribution in [1.29, 1.82) is 0 Å². The van der Waals surface area contributed by atoms with Crippen molar-refractivity contribution in [2.45, 2.75) is 39.5 Å². The van der Waals surface area contributed by atoms with Crippen LogP contribution >= 0.6 is 0 Å². The van der Waals surface area contributed by atoms with Gasteiger partial charge in [0.15, 0.2) is 0 Å². The predicted molar refractivity (Wildman–Crippen MR) is 143 cm³/mol. The van der Waals surface area contributed by atoms with Gasteiger partial charge in [0.2, 0.25) is 0 Å². The van der Waals surface area contributed by atoms with E-state index in [-0.39, 0.29) is 37.0 Å². The van der Waals surface area contributed by atoms with Gasteiger partial charge < -0.3 is 10.6 Å². The Hall–Kier alpha value is -3.91. The minimum atomic E-state index is -1.44. The minimum Gasteiger partial charge on any atom is -0.328 e. The first kappa shape index (κ1) is 26.2. The lowest BCUT2D eigenvalue weighted by atomic mass is 9.98. The molecule has 0 radical (unpaired) electrons. The summed E-state index contributed by atoms with van der Waals surface area (Å²) in [5, 5.41) is 0.430. The largest absolute Gasteiger partial charge is 0.328 e. The molecule has 0 fully saturated rings. The van der Waals surface area contributed by atoms with Crippen LogP contribution in [0, 0.1) is 12.8 Å². The van der Waals surface area contributed by atoms with Gasteiger partial charge in [0.25, 0.3) is 11.5 Å². The zero-order valence-corrected chi connectivity index (χ0v) is 21.3. The van der Waals surface area contributed by atoms with Gasteiger partial charge in [-0.1, -0.05) is 61.9 Å². The number of nitrogens with zero attached hydrogens (tertiary/aromatic N) is 4. The van der Waals surface area contributed by atoms with Crippen molar-refractivity contribution >= 4 is 16.8 Å². The number of carbonyl (C=O) groups is 1. The van der Waals surface area contributed by atoms with Crippen LogP contribution in [0.3, 0.4) is 0 Å². The predicted octanol–water partition coefficient (Wildman–Crippen LogP) is 4.28. The first-order chi connectivity index (χ1) is 17.8. The molecule has 0 aliphatic rings. The highest BCUT2D eigenvalue weighted by Gasteiger charge is 2.34. The summed E-state index contributed by atoms with van der Waals surface area (Å²) in [6.45, 7) is 5.60. The van der Waals surface area contributed by atoms with Gasteiger partial charge in [0.05, 0.1) is 36.2 Å². The topological polar surface area (TPSA) is 94.1 Å². The monoisotopic (exact) mass is 501 g/mol. The molecule has 4 rings (SSSR count). The van der Waals surface area contributed by atoms with Gasteiger partial charge in [-0.05, 0) is 36.6 Å². The molecule has 2 aromatic carbocycles. The number of benzene rings is 2. The molecule has 2 atom stereocenters. The van der Waals surface area contributed by atoms with E-state index in [4.69, 9.17) is 10.7 Å². The molecule has 0 aliphatic carbocycles. The van der Waals surface area contributed by atoms with Crippen LogP contribution in [0.4, 0.5) is 4.39 Å². The van der Waals surface area contributed by atoms with Crippen LogP contribution < -0.4 is 11.3 Å². The van der Waals surface area contributed by atoms with Gasteiger partial charge >= 0.3 is 0 Å². The maximum Gasteiger partial charge on any atom is 0.261 e. The Bertz CT molecular complexity index is 1420. The van der Waals surface area contributed by atoms with Gasteiger partial charge in [-0.3, -0.25) is 19.1 Å². The summed E-state index contributed by atoms with van der Waals surface area (Å²) in [6, 6.07) is 17.7. The first-order valence-corrected chi connectivity index (χ1v) is 12.4. The van der Waals surface area contributed by atoms with Gasteiger partial charge in [0.1, 0.15) is 12.0 Å². The Morgan fingerprint density at radius 2 is 1.78 bits per heavy atom. The summed E-state index contributed by atoms with van der Waals surface area (Å²) in [7, 11) is 0. The molecule has 2 unspecified atom stereocenters. The number of pyridine rings is 1. The van der Waals surface area contributed by atoms with Gasteiger partial charge in [-0.2, -0.15) is 0 Å². The Morgan fingerprint density at radius 3 is 2.43 bits per heavy atom. The van der Waals surface area contributed by atoms with E-state index in [9.17, 15) is 14.0 Å². The minimum absolute atomic E-state index is 0.192. The molecule has 7 nitrogen and oxygen atoms in total. The van der Waals surface area contributed by atoms with Crippen molar-refractivity contribution in [3.8, 4) is 0 Å². The van der Waals surface area contributed by atoms with Crippen LogP contribution in [0.1, 0.15) is 47.2 Å². The third-order valence-corrected chi connectivity index (χ3v) is 6.41. The van der Waals surface area contributed by atoms with Crippen LogP contribution in [0.25, 0.3) is 10.9 Å².